The first-order valence-corrected chi connectivity index (χ1v) is 8.59. The summed E-state index contributed by atoms with van der Waals surface area (Å²) in [6.07, 6.45) is 2.11. The van der Waals surface area contributed by atoms with Crippen molar-refractivity contribution >= 4 is 16.9 Å². The Kier molecular flexibility index (Phi) is 3.96. The Morgan fingerprint density at radius 1 is 1.20 bits per heavy atom. The number of para-hydroxylation sites is 1. The maximum atomic E-state index is 13.1. The molecule has 2 aromatic carbocycles. The van der Waals surface area contributed by atoms with E-state index in [-0.39, 0.29) is 5.91 Å². The van der Waals surface area contributed by atoms with E-state index in [0.29, 0.717) is 29.7 Å². The van der Waals surface area contributed by atoms with Gasteiger partial charge in [-0.25, -0.2) is 0 Å². The molecule has 0 saturated heterocycles. The lowest BCUT2D eigenvalue weighted by Crippen LogP contribution is -2.32. The highest BCUT2D eigenvalue weighted by molar-refractivity contribution is 5.97. The number of hydrogen-bond acceptors (Lipinski definition) is 3. The molecule has 4 rings (SSSR count). The molecule has 0 bridgehead atoms. The normalized spacial score (nSPS) is 13.8. The van der Waals surface area contributed by atoms with Crippen molar-refractivity contribution in [3.63, 3.8) is 0 Å². The van der Waals surface area contributed by atoms with Gasteiger partial charge in [0.1, 0.15) is 0 Å². The maximum Gasteiger partial charge on any atom is 0.290 e. The van der Waals surface area contributed by atoms with Gasteiger partial charge in [-0.1, -0.05) is 42.0 Å². The highest BCUT2D eigenvalue weighted by Gasteiger charge is 2.34. The predicted octanol–water partition coefficient (Wildman–Crippen LogP) is 4.55. The van der Waals surface area contributed by atoms with Gasteiger partial charge in [0.25, 0.3) is 5.91 Å². The summed E-state index contributed by atoms with van der Waals surface area (Å²) in [7, 11) is 1.60. The molecule has 1 fully saturated rings. The summed E-state index contributed by atoms with van der Waals surface area (Å²) in [5.41, 5.74) is 2.97. The van der Waals surface area contributed by atoms with Gasteiger partial charge in [0.05, 0.1) is 7.11 Å². The van der Waals surface area contributed by atoms with E-state index in [1.807, 2.05) is 35.2 Å². The van der Waals surface area contributed by atoms with Gasteiger partial charge in [0.15, 0.2) is 17.1 Å². The van der Waals surface area contributed by atoms with Gasteiger partial charge in [-0.3, -0.25) is 4.79 Å². The van der Waals surface area contributed by atoms with E-state index in [2.05, 4.69) is 25.1 Å². The van der Waals surface area contributed by atoms with E-state index in [0.717, 1.165) is 23.8 Å². The van der Waals surface area contributed by atoms with E-state index in [9.17, 15) is 4.79 Å². The van der Waals surface area contributed by atoms with Crippen molar-refractivity contribution in [3.8, 4) is 5.75 Å². The van der Waals surface area contributed by atoms with Gasteiger partial charge in [-0.15, -0.1) is 0 Å². The first-order chi connectivity index (χ1) is 12.2. The average Bonchev–Trinajstić information content (AvgIpc) is 3.36. The molecule has 128 valence electrons. The van der Waals surface area contributed by atoms with Gasteiger partial charge in [0, 0.05) is 18.0 Å². The summed E-state index contributed by atoms with van der Waals surface area (Å²) >= 11 is 0. The number of amides is 1. The lowest BCUT2D eigenvalue weighted by atomic mass is 10.1. The SMILES string of the molecule is COc1cccc2cc(C(=O)N(Cc3cccc(C)c3)C3CC3)oc12. The van der Waals surface area contributed by atoms with Gasteiger partial charge in [-0.05, 0) is 37.5 Å². The zero-order valence-corrected chi connectivity index (χ0v) is 14.5. The van der Waals surface area contributed by atoms with E-state index < -0.39 is 0 Å². The summed E-state index contributed by atoms with van der Waals surface area (Å²) in [5, 5.41) is 0.883. The van der Waals surface area contributed by atoms with E-state index in [1.165, 1.54) is 5.56 Å². The number of carbonyl (C=O) groups is 1. The largest absolute Gasteiger partial charge is 0.493 e. The van der Waals surface area contributed by atoms with E-state index in [1.54, 1.807) is 7.11 Å². The van der Waals surface area contributed by atoms with Crippen molar-refractivity contribution in [2.45, 2.75) is 32.4 Å². The summed E-state index contributed by atoms with van der Waals surface area (Å²) in [4.78, 5) is 15.0. The topological polar surface area (TPSA) is 42.7 Å². The third kappa shape index (κ3) is 3.12. The Hall–Kier alpha value is -2.75. The zero-order chi connectivity index (χ0) is 17.4. The smallest absolute Gasteiger partial charge is 0.290 e. The van der Waals surface area contributed by atoms with Crippen LogP contribution < -0.4 is 4.74 Å². The van der Waals surface area contributed by atoms with Crippen LogP contribution >= 0.6 is 0 Å². The van der Waals surface area contributed by atoms with Crippen LogP contribution in [0.25, 0.3) is 11.0 Å². The highest BCUT2D eigenvalue weighted by Crippen LogP contribution is 2.33. The van der Waals surface area contributed by atoms with Crippen LogP contribution in [-0.4, -0.2) is 24.0 Å². The number of nitrogens with zero attached hydrogens (tertiary/aromatic N) is 1. The Morgan fingerprint density at radius 2 is 2.00 bits per heavy atom. The Balaban J connectivity index is 1.65. The minimum absolute atomic E-state index is 0.0535. The zero-order valence-electron chi connectivity index (χ0n) is 14.5. The van der Waals surface area contributed by atoms with Crippen LogP contribution in [0.4, 0.5) is 0 Å². The van der Waals surface area contributed by atoms with Gasteiger partial charge < -0.3 is 14.1 Å². The average molecular weight is 335 g/mol. The quantitative estimate of drug-likeness (QED) is 0.687. The Morgan fingerprint density at radius 3 is 2.72 bits per heavy atom. The molecule has 0 N–H and O–H groups in total. The lowest BCUT2D eigenvalue weighted by Gasteiger charge is -2.21. The molecule has 25 heavy (non-hydrogen) atoms. The molecular weight excluding hydrogens is 314 g/mol. The third-order valence-electron chi connectivity index (χ3n) is 4.62. The van der Waals surface area contributed by atoms with Crippen molar-refractivity contribution in [1.29, 1.82) is 0 Å². The monoisotopic (exact) mass is 335 g/mol. The molecule has 4 heteroatoms. The molecule has 1 amide bonds. The third-order valence-corrected chi connectivity index (χ3v) is 4.62. The number of ether oxygens (including phenoxy) is 1. The van der Waals surface area contributed by atoms with E-state index >= 15 is 0 Å². The Bertz CT molecular complexity index is 924. The molecule has 1 heterocycles. The minimum atomic E-state index is -0.0535. The molecule has 0 radical (unpaired) electrons. The van der Waals surface area contributed by atoms with Gasteiger partial charge >= 0.3 is 0 Å². The van der Waals surface area contributed by atoms with Crippen molar-refractivity contribution < 1.29 is 13.9 Å². The fraction of sp³-hybridized carbons (Fsp3) is 0.286. The van der Waals surface area contributed by atoms with Crippen molar-refractivity contribution in [2.24, 2.45) is 0 Å². The van der Waals surface area contributed by atoms with Crippen LogP contribution in [0.3, 0.4) is 0 Å². The number of benzene rings is 2. The highest BCUT2D eigenvalue weighted by atomic mass is 16.5. The standard InChI is InChI=1S/C21H21NO3/c1-14-5-3-6-15(11-14)13-22(17-9-10-17)21(23)19-12-16-7-4-8-18(24-2)20(16)25-19/h3-8,11-12,17H,9-10,13H2,1-2H3. The molecule has 1 aliphatic carbocycles. The molecular formula is C21H21NO3. The molecule has 1 saturated carbocycles. The first-order valence-electron chi connectivity index (χ1n) is 8.59. The lowest BCUT2D eigenvalue weighted by molar-refractivity contribution is 0.0699. The van der Waals surface area contributed by atoms with Crippen LogP contribution in [0.2, 0.25) is 0 Å². The number of carbonyl (C=O) groups excluding carboxylic acids is 1. The second-order valence-corrected chi connectivity index (χ2v) is 6.64. The van der Waals surface area contributed by atoms with E-state index in [4.69, 9.17) is 9.15 Å². The van der Waals surface area contributed by atoms with Crippen LogP contribution in [0.15, 0.2) is 52.9 Å². The van der Waals surface area contributed by atoms with Crippen LogP contribution in [0, 0.1) is 6.92 Å². The number of fused-ring (bicyclic) bond motifs is 1. The van der Waals surface area contributed by atoms with Crippen LogP contribution in [0.5, 0.6) is 5.75 Å². The van der Waals surface area contributed by atoms with Gasteiger partial charge in [0.2, 0.25) is 0 Å². The molecule has 0 aliphatic heterocycles. The number of aryl methyl sites for hydroxylation is 1. The van der Waals surface area contributed by atoms with Gasteiger partial charge in [-0.2, -0.15) is 0 Å². The maximum absolute atomic E-state index is 13.1. The molecule has 0 atom stereocenters. The molecule has 0 unspecified atom stereocenters. The summed E-state index contributed by atoms with van der Waals surface area (Å²) in [5.74, 6) is 0.967. The second kappa shape index (κ2) is 6.28. The molecule has 3 aromatic rings. The van der Waals surface area contributed by atoms with Crippen molar-refractivity contribution in [1.82, 2.24) is 4.90 Å². The fourth-order valence-electron chi connectivity index (χ4n) is 3.20. The first kappa shape index (κ1) is 15.8. The second-order valence-electron chi connectivity index (χ2n) is 6.64. The van der Waals surface area contributed by atoms with Crippen molar-refractivity contribution in [3.05, 3.63) is 65.4 Å². The number of hydrogen-bond donors (Lipinski definition) is 0. The Labute approximate surface area is 147 Å². The predicted molar refractivity (Wildman–Crippen MR) is 96.8 cm³/mol. The molecule has 0 spiro atoms. The fourth-order valence-corrected chi connectivity index (χ4v) is 3.20. The molecule has 4 nitrogen and oxygen atoms in total. The molecule has 1 aromatic heterocycles. The summed E-state index contributed by atoms with van der Waals surface area (Å²) in [6, 6.07) is 16.1. The summed E-state index contributed by atoms with van der Waals surface area (Å²) < 4.78 is 11.2. The van der Waals surface area contributed by atoms with Crippen LogP contribution in [0.1, 0.15) is 34.5 Å². The minimum Gasteiger partial charge on any atom is -0.493 e. The van der Waals surface area contributed by atoms with Crippen molar-refractivity contribution in [2.75, 3.05) is 7.11 Å². The van der Waals surface area contributed by atoms with Crippen LogP contribution in [-0.2, 0) is 6.54 Å². The number of methoxy groups -OCH3 is 1. The molecule has 1 aliphatic rings. The number of furan rings is 1. The summed E-state index contributed by atoms with van der Waals surface area (Å²) in [6.45, 7) is 2.68. The number of rotatable bonds is 5.